The molecule has 1 aromatic carbocycles. The molecule has 1 amide bonds. The number of aromatic nitrogens is 3. The van der Waals surface area contributed by atoms with Gasteiger partial charge in [0, 0.05) is 10.9 Å². The fourth-order valence-electron chi connectivity index (χ4n) is 2.34. The van der Waals surface area contributed by atoms with Gasteiger partial charge in [0.05, 0.1) is 16.5 Å². The number of nitrogens with zero attached hydrogens (tertiary/aromatic N) is 4. The van der Waals surface area contributed by atoms with Crippen LogP contribution < -0.4 is 10.1 Å². The van der Waals surface area contributed by atoms with Gasteiger partial charge < -0.3 is 20.2 Å². The maximum Gasteiger partial charge on any atom is 0.404 e. The predicted octanol–water partition coefficient (Wildman–Crippen LogP) is 4.23. The number of rotatable bonds is 7. The number of hydrogen-bond donors (Lipinski definition) is 1. The molecule has 0 aliphatic rings. The molecule has 3 aromatic rings. The summed E-state index contributed by atoms with van der Waals surface area (Å²) in [5, 5.41) is 19.3. The second-order valence-electron chi connectivity index (χ2n) is 5.63. The van der Waals surface area contributed by atoms with E-state index < -0.39 is 17.4 Å². The van der Waals surface area contributed by atoms with Crippen LogP contribution in [0, 0.1) is 17.0 Å². The Kier molecular flexibility index (Phi) is 6.17. The van der Waals surface area contributed by atoms with Crippen LogP contribution in [0.25, 0.3) is 11.3 Å². The fraction of sp³-hybridized carbons (Fsp3) is 0.188. The highest BCUT2D eigenvalue weighted by Gasteiger charge is 2.24. The van der Waals surface area contributed by atoms with Crippen molar-refractivity contribution in [3.05, 3.63) is 49.9 Å². The first-order valence-corrected chi connectivity index (χ1v) is 9.59. The van der Waals surface area contributed by atoms with E-state index in [9.17, 15) is 23.7 Å². The number of carbonyl (C=O) groups excluding carboxylic acids is 1. The molecule has 1 N–H and O–H groups in total. The standard InChI is InChI=1S/C16H12BrF2N5O4S/c1-8-13(17)14(24(26)27)22-23(8)6-12(25)21-16-20-11(7-29-16)9-2-4-10(5-3-9)28-15(18)19/h2-5,7,15H,6H2,1H3,(H,20,21,25). The maximum atomic E-state index is 12.2. The van der Waals surface area contributed by atoms with Crippen molar-refractivity contribution < 1.29 is 23.2 Å². The molecule has 0 aliphatic carbocycles. The van der Waals surface area contributed by atoms with E-state index in [-0.39, 0.29) is 22.6 Å². The van der Waals surface area contributed by atoms with Crippen LogP contribution in [-0.2, 0) is 11.3 Å². The van der Waals surface area contributed by atoms with E-state index in [0.29, 0.717) is 22.1 Å². The van der Waals surface area contributed by atoms with E-state index in [0.717, 1.165) is 0 Å². The lowest BCUT2D eigenvalue weighted by Crippen LogP contribution is -2.20. The molecule has 0 atom stereocenters. The van der Waals surface area contributed by atoms with Crippen molar-refractivity contribution >= 4 is 44.1 Å². The Morgan fingerprint density at radius 2 is 2.10 bits per heavy atom. The number of nitrogens with one attached hydrogen (secondary N) is 1. The largest absolute Gasteiger partial charge is 0.435 e. The number of ether oxygens (including phenoxy) is 1. The predicted molar refractivity (Wildman–Crippen MR) is 104 cm³/mol. The first-order valence-electron chi connectivity index (χ1n) is 7.92. The quantitative estimate of drug-likeness (QED) is 0.394. The monoisotopic (exact) mass is 487 g/mol. The molecule has 0 fully saturated rings. The van der Waals surface area contributed by atoms with Gasteiger partial charge in [0.1, 0.15) is 16.8 Å². The van der Waals surface area contributed by atoms with Gasteiger partial charge in [-0.25, -0.2) is 4.98 Å². The van der Waals surface area contributed by atoms with Gasteiger partial charge in [0.25, 0.3) is 0 Å². The van der Waals surface area contributed by atoms with Crippen molar-refractivity contribution in [2.45, 2.75) is 20.1 Å². The average molecular weight is 488 g/mol. The summed E-state index contributed by atoms with van der Waals surface area (Å²) >= 11 is 4.26. The Morgan fingerprint density at radius 1 is 1.41 bits per heavy atom. The Balaban J connectivity index is 1.66. The molecule has 152 valence electrons. The van der Waals surface area contributed by atoms with Gasteiger partial charge in [-0.2, -0.15) is 13.5 Å². The number of halogens is 3. The van der Waals surface area contributed by atoms with Crippen LogP contribution in [0.3, 0.4) is 0 Å². The number of amides is 1. The van der Waals surface area contributed by atoms with E-state index >= 15 is 0 Å². The fourth-order valence-corrected chi connectivity index (χ4v) is 3.51. The van der Waals surface area contributed by atoms with Gasteiger partial charge in [-0.15, -0.1) is 11.3 Å². The van der Waals surface area contributed by atoms with Crippen molar-refractivity contribution in [3.8, 4) is 17.0 Å². The van der Waals surface area contributed by atoms with Gasteiger partial charge in [-0.3, -0.25) is 4.79 Å². The smallest absolute Gasteiger partial charge is 0.404 e. The third-order valence-electron chi connectivity index (χ3n) is 3.71. The molecule has 2 heterocycles. The molecule has 0 unspecified atom stereocenters. The van der Waals surface area contributed by atoms with E-state index in [1.807, 2.05) is 0 Å². The zero-order valence-corrected chi connectivity index (χ0v) is 17.0. The highest BCUT2D eigenvalue weighted by molar-refractivity contribution is 9.10. The Hall–Kier alpha value is -2.93. The highest BCUT2D eigenvalue weighted by atomic mass is 79.9. The van der Waals surface area contributed by atoms with E-state index in [1.54, 1.807) is 24.4 Å². The minimum absolute atomic E-state index is 0.0300. The molecule has 29 heavy (non-hydrogen) atoms. The van der Waals surface area contributed by atoms with Crippen LogP contribution in [0.5, 0.6) is 5.75 Å². The summed E-state index contributed by atoms with van der Waals surface area (Å²) < 4.78 is 30.1. The van der Waals surface area contributed by atoms with Crippen LogP contribution in [0.4, 0.5) is 19.7 Å². The Bertz CT molecular complexity index is 1050. The van der Waals surface area contributed by atoms with Gasteiger partial charge in [-0.1, -0.05) is 0 Å². The van der Waals surface area contributed by atoms with Gasteiger partial charge in [0.15, 0.2) is 5.13 Å². The van der Waals surface area contributed by atoms with Crippen LogP contribution in [0.2, 0.25) is 0 Å². The molecule has 0 saturated carbocycles. The molecular weight excluding hydrogens is 476 g/mol. The second kappa shape index (κ2) is 8.61. The molecule has 0 aliphatic heterocycles. The molecule has 9 nitrogen and oxygen atoms in total. The van der Waals surface area contributed by atoms with Crippen molar-refractivity contribution in [2.24, 2.45) is 0 Å². The number of benzene rings is 1. The molecule has 13 heteroatoms. The average Bonchev–Trinajstić information content (AvgIpc) is 3.22. The molecule has 0 saturated heterocycles. The number of alkyl halides is 2. The molecule has 0 radical (unpaired) electrons. The van der Waals surface area contributed by atoms with E-state index in [4.69, 9.17) is 0 Å². The highest BCUT2D eigenvalue weighted by Crippen LogP contribution is 2.28. The number of carbonyl (C=O) groups is 1. The Morgan fingerprint density at radius 3 is 2.69 bits per heavy atom. The molecule has 0 bridgehead atoms. The third-order valence-corrected chi connectivity index (χ3v) is 5.39. The SMILES string of the molecule is Cc1c(Br)c([N+](=O)[O-])nn1CC(=O)Nc1nc(-c2ccc(OC(F)F)cc2)cs1. The minimum Gasteiger partial charge on any atom is -0.435 e. The topological polar surface area (TPSA) is 112 Å². The lowest BCUT2D eigenvalue weighted by atomic mass is 10.2. The first kappa shape index (κ1) is 20.8. The van der Waals surface area contributed by atoms with Crippen molar-refractivity contribution in [2.75, 3.05) is 5.32 Å². The van der Waals surface area contributed by atoms with E-state index in [2.05, 4.69) is 36.1 Å². The second-order valence-corrected chi connectivity index (χ2v) is 7.28. The van der Waals surface area contributed by atoms with Crippen LogP contribution in [0.1, 0.15) is 5.69 Å². The first-order chi connectivity index (χ1) is 13.7. The summed E-state index contributed by atoms with van der Waals surface area (Å²) in [6.07, 6.45) is 0. The van der Waals surface area contributed by atoms with E-state index in [1.165, 1.54) is 28.2 Å². The lowest BCUT2D eigenvalue weighted by molar-refractivity contribution is -0.390. The number of anilines is 1. The van der Waals surface area contributed by atoms with Gasteiger partial charge >= 0.3 is 12.4 Å². The summed E-state index contributed by atoms with van der Waals surface area (Å²) in [7, 11) is 0. The Labute approximate surface area is 174 Å². The number of hydrogen-bond acceptors (Lipinski definition) is 7. The third kappa shape index (κ3) is 4.92. The molecular formula is C16H12BrF2N5O4S. The minimum atomic E-state index is -2.90. The van der Waals surface area contributed by atoms with Crippen molar-refractivity contribution in [1.29, 1.82) is 0 Å². The summed E-state index contributed by atoms with van der Waals surface area (Å²) in [6.45, 7) is -1.53. The summed E-state index contributed by atoms with van der Waals surface area (Å²) in [6, 6.07) is 5.93. The molecule has 3 rings (SSSR count). The van der Waals surface area contributed by atoms with Crippen molar-refractivity contribution in [3.63, 3.8) is 0 Å². The van der Waals surface area contributed by atoms with Crippen molar-refractivity contribution in [1.82, 2.24) is 14.8 Å². The van der Waals surface area contributed by atoms with Crippen LogP contribution in [-0.4, -0.2) is 32.2 Å². The zero-order chi connectivity index (χ0) is 21.1. The van der Waals surface area contributed by atoms with Crippen LogP contribution in [0.15, 0.2) is 34.1 Å². The summed E-state index contributed by atoms with van der Waals surface area (Å²) in [5.74, 6) is -0.798. The van der Waals surface area contributed by atoms with Gasteiger partial charge in [-0.05, 0) is 52.0 Å². The lowest BCUT2D eigenvalue weighted by Gasteiger charge is -2.04. The molecule has 0 spiro atoms. The normalized spacial score (nSPS) is 10.9. The van der Waals surface area contributed by atoms with Crippen LogP contribution >= 0.6 is 27.3 Å². The van der Waals surface area contributed by atoms with Gasteiger partial charge in [0.2, 0.25) is 5.91 Å². The number of nitro groups is 1. The summed E-state index contributed by atoms with van der Waals surface area (Å²) in [4.78, 5) is 26.8. The zero-order valence-electron chi connectivity index (χ0n) is 14.6. The molecule has 2 aromatic heterocycles. The maximum absolute atomic E-state index is 12.2. The summed E-state index contributed by atoms with van der Waals surface area (Å²) in [5.41, 5.74) is 1.64. The number of thiazole rings is 1.